The molecule has 1 N–H and O–H groups in total. The highest BCUT2D eigenvalue weighted by atomic mass is 14.3. The Balaban J connectivity index is 0.000000980. The van der Waals surface area contributed by atoms with Gasteiger partial charge in [0.25, 0.3) is 0 Å². The maximum atomic E-state index is 6.33. The van der Waals surface area contributed by atoms with Crippen molar-refractivity contribution in [3.8, 4) is 11.8 Å². The summed E-state index contributed by atoms with van der Waals surface area (Å²) >= 11 is 0. The van der Waals surface area contributed by atoms with Gasteiger partial charge in [-0.05, 0) is 75.8 Å². The second-order valence-electron chi connectivity index (χ2n) is 5.53. The lowest BCUT2D eigenvalue weighted by molar-refractivity contribution is 0.521. The van der Waals surface area contributed by atoms with Crippen molar-refractivity contribution < 1.29 is 0 Å². The van der Waals surface area contributed by atoms with Crippen molar-refractivity contribution in [1.82, 2.24) is 0 Å². The number of hydrogen-bond acceptors (Lipinski definition) is 1. The van der Waals surface area contributed by atoms with Crippen LogP contribution in [0.15, 0.2) is 36.4 Å². The first-order valence-electron chi connectivity index (χ1n) is 8.24. The minimum atomic E-state index is 0.690. The molecule has 0 radical (unpaired) electrons. The topological polar surface area (TPSA) is 23.9 Å². The molecule has 0 fully saturated rings. The van der Waals surface area contributed by atoms with E-state index in [-0.39, 0.29) is 0 Å². The molecule has 1 atom stereocenters. The van der Waals surface area contributed by atoms with Crippen LogP contribution in [0.25, 0.3) is 0 Å². The highest BCUT2D eigenvalue weighted by Gasteiger charge is 2.06. The number of rotatable bonds is 7. The number of allylic oxidation sites excluding steroid dienone is 1. The van der Waals surface area contributed by atoms with E-state index in [0.29, 0.717) is 5.92 Å². The van der Waals surface area contributed by atoms with E-state index in [4.69, 9.17) is 5.41 Å². The van der Waals surface area contributed by atoms with Crippen molar-refractivity contribution >= 4 is 6.21 Å². The molecule has 0 aliphatic carbocycles. The van der Waals surface area contributed by atoms with Crippen LogP contribution in [0, 0.1) is 23.2 Å². The largest absolute Gasteiger partial charge is 0.313 e. The molecule has 1 heteroatoms. The van der Waals surface area contributed by atoms with Gasteiger partial charge in [0.2, 0.25) is 0 Å². The third-order valence-corrected chi connectivity index (χ3v) is 3.64. The summed E-state index contributed by atoms with van der Waals surface area (Å²) in [5.41, 5.74) is 3.84. The minimum Gasteiger partial charge on any atom is -0.313 e. The molecule has 1 aromatic carbocycles. The van der Waals surface area contributed by atoms with Crippen LogP contribution in [0.3, 0.4) is 0 Å². The van der Waals surface area contributed by atoms with Gasteiger partial charge in [-0.25, -0.2) is 0 Å². The Labute approximate surface area is 137 Å². The van der Waals surface area contributed by atoms with E-state index in [1.807, 2.05) is 13.8 Å². The van der Waals surface area contributed by atoms with Crippen molar-refractivity contribution in [3.05, 3.63) is 47.5 Å². The van der Waals surface area contributed by atoms with Crippen molar-refractivity contribution in [3.63, 3.8) is 0 Å². The minimum absolute atomic E-state index is 0.690. The maximum absolute atomic E-state index is 6.33. The molecule has 0 amide bonds. The fourth-order valence-electron chi connectivity index (χ4n) is 2.25. The normalized spacial score (nSPS) is 10.5. The van der Waals surface area contributed by atoms with Crippen LogP contribution in [-0.4, -0.2) is 6.21 Å². The summed E-state index contributed by atoms with van der Waals surface area (Å²) in [4.78, 5) is 0. The van der Waals surface area contributed by atoms with Crippen molar-refractivity contribution in [2.75, 3.05) is 0 Å². The van der Waals surface area contributed by atoms with Gasteiger partial charge in [0.15, 0.2) is 0 Å². The molecule has 0 heterocycles. The Kier molecular flexibility index (Phi) is 11.8. The first-order chi connectivity index (χ1) is 10.6. The number of benzene rings is 1. The molecular weight excluding hydrogens is 266 g/mol. The average molecular weight is 297 g/mol. The standard InChI is InChI=1S/C18H24.C3H7N/c1-5-8-16-11-13-17(14-12-16)9-7-10-18(6-2)15(3)4;1-2-3-4/h11-14,18H,3,6-7,9-10H2,1-2,4H3;3-4H,2H2,1H3. The third-order valence-electron chi connectivity index (χ3n) is 3.64. The molecular formula is C21H31N. The second kappa shape index (κ2) is 12.9. The zero-order chi connectivity index (χ0) is 16.8. The van der Waals surface area contributed by atoms with E-state index in [1.54, 1.807) is 0 Å². The molecule has 1 nitrogen and oxygen atoms in total. The average Bonchev–Trinajstić information content (AvgIpc) is 2.53. The molecule has 0 saturated heterocycles. The first kappa shape index (κ1) is 20.2. The summed E-state index contributed by atoms with van der Waals surface area (Å²) in [6.45, 7) is 12.3. The summed E-state index contributed by atoms with van der Waals surface area (Å²) in [5, 5.41) is 6.33. The molecule has 1 unspecified atom stereocenters. The van der Waals surface area contributed by atoms with E-state index >= 15 is 0 Å². The number of nitrogens with one attached hydrogen (secondary N) is 1. The van der Waals surface area contributed by atoms with Crippen LogP contribution in [0.5, 0.6) is 0 Å². The summed E-state index contributed by atoms with van der Waals surface area (Å²) in [6.07, 6.45) is 7.09. The van der Waals surface area contributed by atoms with E-state index in [1.165, 1.54) is 36.6 Å². The molecule has 0 aromatic heterocycles. The monoisotopic (exact) mass is 297 g/mol. The highest BCUT2D eigenvalue weighted by Crippen LogP contribution is 2.20. The van der Waals surface area contributed by atoms with Crippen LogP contribution < -0.4 is 0 Å². The molecule has 22 heavy (non-hydrogen) atoms. The Morgan fingerprint density at radius 1 is 1.27 bits per heavy atom. The molecule has 0 aliphatic rings. The fourth-order valence-corrected chi connectivity index (χ4v) is 2.25. The van der Waals surface area contributed by atoms with Crippen LogP contribution in [0.2, 0.25) is 0 Å². The molecule has 0 spiro atoms. The van der Waals surface area contributed by atoms with Crippen LogP contribution in [0.4, 0.5) is 0 Å². The lowest BCUT2D eigenvalue weighted by atomic mass is 9.92. The van der Waals surface area contributed by atoms with Gasteiger partial charge >= 0.3 is 0 Å². The fraction of sp³-hybridized carbons (Fsp3) is 0.476. The van der Waals surface area contributed by atoms with Gasteiger partial charge in [0, 0.05) is 5.56 Å². The Hall–Kier alpha value is -1.81. The van der Waals surface area contributed by atoms with Gasteiger partial charge in [-0.3, -0.25) is 0 Å². The second-order valence-corrected chi connectivity index (χ2v) is 5.53. The van der Waals surface area contributed by atoms with Crippen molar-refractivity contribution in [2.24, 2.45) is 5.92 Å². The predicted octanol–water partition coefficient (Wildman–Crippen LogP) is 6.03. The Bertz CT molecular complexity index is 485. The first-order valence-corrected chi connectivity index (χ1v) is 8.24. The lowest BCUT2D eigenvalue weighted by Crippen LogP contribution is -2.00. The summed E-state index contributed by atoms with van der Waals surface area (Å²) in [5.74, 6) is 6.68. The van der Waals surface area contributed by atoms with Crippen LogP contribution in [-0.2, 0) is 6.42 Å². The van der Waals surface area contributed by atoms with Gasteiger partial charge in [-0.15, -0.1) is 5.92 Å². The predicted molar refractivity (Wildman–Crippen MR) is 99.6 cm³/mol. The van der Waals surface area contributed by atoms with Crippen LogP contribution in [0.1, 0.15) is 64.5 Å². The number of aryl methyl sites for hydroxylation is 1. The van der Waals surface area contributed by atoms with Gasteiger partial charge in [0.1, 0.15) is 0 Å². The zero-order valence-corrected chi connectivity index (χ0v) is 14.7. The van der Waals surface area contributed by atoms with E-state index in [0.717, 1.165) is 18.4 Å². The van der Waals surface area contributed by atoms with Gasteiger partial charge in [-0.2, -0.15) is 0 Å². The summed E-state index contributed by atoms with van der Waals surface area (Å²) in [6, 6.07) is 8.62. The molecule has 0 aliphatic heterocycles. The molecule has 1 rings (SSSR count). The molecule has 120 valence electrons. The SMILES string of the molecule is C=C(C)C(CC)CCCc1ccc(C#CC)cc1.CCC=N. The molecule has 0 bridgehead atoms. The Morgan fingerprint density at radius 2 is 1.86 bits per heavy atom. The maximum Gasteiger partial charge on any atom is 0.0245 e. The van der Waals surface area contributed by atoms with E-state index < -0.39 is 0 Å². The zero-order valence-electron chi connectivity index (χ0n) is 14.7. The number of hydrogen-bond donors (Lipinski definition) is 1. The smallest absolute Gasteiger partial charge is 0.0245 e. The van der Waals surface area contributed by atoms with Crippen molar-refractivity contribution in [1.29, 1.82) is 5.41 Å². The molecule has 1 aromatic rings. The lowest BCUT2D eigenvalue weighted by Gasteiger charge is -2.14. The van der Waals surface area contributed by atoms with E-state index in [9.17, 15) is 0 Å². The quantitative estimate of drug-likeness (QED) is 0.361. The van der Waals surface area contributed by atoms with E-state index in [2.05, 4.69) is 56.5 Å². The van der Waals surface area contributed by atoms with Crippen LogP contribution >= 0.6 is 0 Å². The third kappa shape index (κ3) is 9.19. The highest BCUT2D eigenvalue weighted by molar-refractivity contribution is 5.51. The van der Waals surface area contributed by atoms with Gasteiger partial charge in [0.05, 0.1) is 0 Å². The molecule has 0 saturated carbocycles. The summed E-state index contributed by atoms with van der Waals surface area (Å²) < 4.78 is 0. The Morgan fingerprint density at radius 3 is 2.27 bits per heavy atom. The van der Waals surface area contributed by atoms with Gasteiger partial charge < -0.3 is 5.41 Å². The van der Waals surface area contributed by atoms with Crippen molar-refractivity contribution in [2.45, 2.75) is 59.8 Å². The summed E-state index contributed by atoms with van der Waals surface area (Å²) in [7, 11) is 0. The van der Waals surface area contributed by atoms with Gasteiger partial charge in [-0.1, -0.05) is 44.1 Å².